The van der Waals surface area contributed by atoms with E-state index in [2.05, 4.69) is 25.3 Å². The second-order valence-electron chi connectivity index (χ2n) is 3.28. The largest absolute Gasteiger partial charge is 0.465 e. The number of rotatable bonds is 7. The molecule has 0 aromatic heterocycles. The molecule has 0 fully saturated rings. The van der Waals surface area contributed by atoms with E-state index < -0.39 is 0 Å². The fourth-order valence-electron chi connectivity index (χ4n) is 1.20. The van der Waals surface area contributed by atoms with Gasteiger partial charge in [-0.25, -0.2) is 0 Å². The molecule has 0 aromatic carbocycles. The summed E-state index contributed by atoms with van der Waals surface area (Å²) in [7, 11) is 0. The molecule has 0 rings (SSSR count). The molecule has 0 aliphatic rings. The van der Waals surface area contributed by atoms with Crippen molar-refractivity contribution < 1.29 is 9.53 Å². The van der Waals surface area contributed by atoms with E-state index in [9.17, 15) is 4.79 Å². The molecule has 0 saturated carbocycles. The molecule has 1 atom stereocenters. The monoisotopic (exact) mass is 199 g/mol. The van der Waals surface area contributed by atoms with Crippen molar-refractivity contribution in [2.45, 2.75) is 33.2 Å². The predicted octanol–water partition coefficient (Wildman–Crippen LogP) is 1.84. The normalized spacial score (nSPS) is 12.6. The van der Waals surface area contributed by atoms with Crippen molar-refractivity contribution in [3.63, 3.8) is 0 Å². The second kappa shape index (κ2) is 7.56. The highest BCUT2D eigenvalue weighted by Crippen LogP contribution is 2.03. The van der Waals surface area contributed by atoms with Crippen LogP contribution in [-0.2, 0) is 9.53 Å². The van der Waals surface area contributed by atoms with Crippen LogP contribution in [0.1, 0.15) is 27.2 Å². The molecule has 14 heavy (non-hydrogen) atoms. The van der Waals surface area contributed by atoms with Crippen LogP contribution in [0.3, 0.4) is 0 Å². The van der Waals surface area contributed by atoms with Gasteiger partial charge in [-0.1, -0.05) is 13.0 Å². The molecule has 0 heterocycles. The van der Waals surface area contributed by atoms with E-state index in [0.717, 1.165) is 13.0 Å². The third kappa shape index (κ3) is 5.02. The van der Waals surface area contributed by atoms with Gasteiger partial charge in [-0.15, -0.1) is 6.58 Å². The lowest BCUT2D eigenvalue weighted by atomic mass is 10.2. The number of carbonyl (C=O) groups is 1. The Morgan fingerprint density at radius 1 is 1.57 bits per heavy atom. The van der Waals surface area contributed by atoms with E-state index >= 15 is 0 Å². The van der Waals surface area contributed by atoms with E-state index in [1.165, 1.54) is 0 Å². The summed E-state index contributed by atoms with van der Waals surface area (Å²) in [6, 6.07) is 0.386. The zero-order valence-electron chi connectivity index (χ0n) is 9.45. The van der Waals surface area contributed by atoms with Crippen LogP contribution in [-0.4, -0.2) is 36.6 Å². The van der Waals surface area contributed by atoms with Crippen LogP contribution < -0.4 is 0 Å². The number of hydrogen-bond acceptors (Lipinski definition) is 3. The fourth-order valence-corrected chi connectivity index (χ4v) is 1.20. The molecule has 0 spiro atoms. The van der Waals surface area contributed by atoms with Crippen molar-refractivity contribution in [3.8, 4) is 0 Å². The summed E-state index contributed by atoms with van der Waals surface area (Å²) in [4.78, 5) is 13.3. The Hall–Kier alpha value is -0.830. The minimum atomic E-state index is -0.158. The molecule has 0 amide bonds. The summed E-state index contributed by atoms with van der Waals surface area (Å²) in [5.41, 5.74) is 0. The first-order valence-corrected chi connectivity index (χ1v) is 5.16. The molecule has 0 aliphatic heterocycles. The van der Waals surface area contributed by atoms with E-state index in [-0.39, 0.29) is 5.97 Å². The van der Waals surface area contributed by atoms with Crippen LogP contribution in [0, 0.1) is 0 Å². The maximum absolute atomic E-state index is 11.3. The highest BCUT2D eigenvalue weighted by molar-refractivity contribution is 5.71. The summed E-state index contributed by atoms with van der Waals surface area (Å²) in [5, 5.41) is 0. The van der Waals surface area contributed by atoms with Crippen LogP contribution in [0.2, 0.25) is 0 Å². The first-order chi connectivity index (χ1) is 6.65. The van der Waals surface area contributed by atoms with Crippen LogP contribution in [0.25, 0.3) is 0 Å². The number of ether oxygens (including phenoxy) is 1. The van der Waals surface area contributed by atoms with E-state index in [1.54, 1.807) is 0 Å². The Bertz CT molecular complexity index is 180. The minimum absolute atomic E-state index is 0.158. The average molecular weight is 199 g/mol. The van der Waals surface area contributed by atoms with Gasteiger partial charge < -0.3 is 4.74 Å². The Kier molecular flexibility index (Phi) is 7.11. The van der Waals surface area contributed by atoms with Crippen molar-refractivity contribution in [1.29, 1.82) is 0 Å². The summed E-state index contributed by atoms with van der Waals surface area (Å²) in [5.74, 6) is -0.158. The lowest BCUT2D eigenvalue weighted by molar-refractivity contribution is -0.144. The fraction of sp³-hybridized carbons (Fsp3) is 0.727. The van der Waals surface area contributed by atoms with Crippen molar-refractivity contribution in [3.05, 3.63) is 12.7 Å². The highest BCUT2D eigenvalue weighted by atomic mass is 16.5. The van der Waals surface area contributed by atoms with Gasteiger partial charge in [0.15, 0.2) is 0 Å². The molecular formula is C11H21NO2. The Labute approximate surface area is 86.7 Å². The van der Waals surface area contributed by atoms with Gasteiger partial charge in [0.1, 0.15) is 0 Å². The molecule has 0 N–H and O–H groups in total. The van der Waals surface area contributed by atoms with Crippen molar-refractivity contribution in [2.75, 3.05) is 19.7 Å². The standard InChI is InChI=1S/C11H21NO2/c1-5-8-12(10(4)6-2)9-11(13)14-7-3/h5,10H,1,6-9H2,2-4H3. The quantitative estimate of drug-likeness (QED) is 0.463. The van der Waals surface area contributed by atoms with Gasteiger partial charge >= 0.3 is 5.97 Å². The predicted molar refractivity (Wildman–Crippen MR) is 58.2 cm³/mol. The third-order valence-corrected chi connectivity index (χ3v) is 2.22. The van der Waals surface area contributed by atoms with E-state index in [4.69, 9.17) is 4.74 Å². The molecule has 0 aromatic rings. The summed E-state index contributed by atoms with van der Waals surface area (Å²) in [6.07, 6.45) is 2.83. The summed E-state index contributed by atoms with van der Waals surface area (Å²) < 4.78 is 4.90. The molecule has 0 bridgehead atoms. The van der Waals surface area contributed by atoms with Crippen molar-refractivity contribution >= 4 is 5.97 Å². The zero-order chi connectivity index (χ0) is 11.0. The number of esters is 1. The topological polar surface area (TPSA) is 29.5 Å². The lowest BCUT2D eigenvalue weighted by Gasteiger charge is -2.25. The van der Waals surface area contributed by atoms with Crippen molar-refractivity contribution in [1.82, 2.24) is 4.90 Å². The Morgan fingerprint density at radius 3 is 2.64 bits per heavy atom. The molecule has 0 radical (unpaired) electrons. The maximum Gasteiger partial charge on any atom is 0.320 e. The molecule has 0 aliphatic carbocycles. The zero-order valence-corrected chi connectivity index (χ0v) is 9.45. The Morgan fingerprint density at radius 2 is 2.21 bits per heavy atom. The molecular weight excluding hydrogens is 178 g/mol. The number of hydrogen-bond donors (Lipinski definition) is 0. The molecule has 82 valence electrons. The molecule has 3 nitrogen and oxygen atoms in total. The van der Waals surface area contributed by atoms with Crippen LogP contribution in [0.4, 0.5) is 0 Å². The molecule has 0 saturated heterocycles. The first kappa shape index (κ1) is 13.2. The highest BCUT2D eigenvalue weighted by Gasteiger charge is 2.14. The van der Waals surface area contributed by atoms with Gasteiger partial charge in [0, 0.05) is 12.6 Å². The van der Waals surface area contributed by atoms with Crippen LogP contribution >= 0.6 is 0 Å². The van der Waals surface area contributed by atoms with Crippen molar-refractivity contribution in [2.24, 2.45) is 0 Å². The number of nitrogens with zero attached hydrogens (tertiary/aromatic N) is 1. The summed E-state index contributed by atoms with van der Waals surface area (Å²) >= 11 is 0. The minimum Gasteiger partial charge on any atom is -0.465 e. The van der Waals surface area contributed by atoms with Crippen LogP contribution in [0.5, 0.6) is 0 Å². The van der Waals surface area contributed by atoms with Gasteiger partial charge in [0.2, 0.25) is 0 Å². The van der Waals surface area contributed by atoms with Gasteiger partial charge in [-0.2, -0.15) is 0 Å². The SMILES string of the molecule is C=CCN(CC(=O)OCC)C(C)CC. The van der Waals surface area contributed by atoms with Gasteiger partial charge in [0.25, 0.3) is 0 Å². The first-order valence-electron chi connectivity index (χ1n) is 5.16. The lowest BCUT2D eigenvalue weighted by Crippen LogP contribution is -2.37. The van der Waals surface area contributed by atoms with E-state index in [1.807, 2.05) is 13.0 Å². The number of carbonyl (C=O) groups excluding carboxylic acids is 1. The summed E-state index contributed by atoms with van der Waals surface area (Å²) in [6.45, 7) is 11.2. The van der Waals surface area contributed by atoms with Gasteiger partial charge in [-0.3, -0.25) is 9.69 Å². The third-order valence-electron chi connectivity index (χ3n) is 2.22. The van der Waals surface area contributed by atoms with Gasteiger partial charge in [0.05, 0.1) is 13.2 Å². The Balaban J connectivity index is 4.07. The second-order valence-corrected chi connectivity index (χ2v) is 3.28. The molecule has 3 heteroatoms. The maximum atomic E-state index is 11.3. The average Bonchev–Trinajstić information content (AvgIpc) is 2.16. The molecule has 1 unspecified atom stereocenters. The van der Waals surface area contributed by atoms with E-state index in [0.29, 0.717) is 19.2 Å². The smallest absolute Gasteiger partial charge is 0.320 e. The van der Waals surface area contributed by atoms with Gasteiger partial charge in [-0.05, 0) is 20.3 Å². The van der Waals surface area contributed by atoms with Crippen LogP contribution in [0.15, 0.2) is 12.7 Å².